The molecule has 0 aliphatic rings. The molecular formula is C16H17NO3. The molecule has 0 heterocycles. The van der Waals surface area contributed by atoms with Gasteiger partial charge in [-0.05, 0) is 37.1 Å². The highest BCUT2D eigenvalue weighted by atomic mass is 16.4. The van der Waals surface area contributed by atoms with Gasteiger partial charge in [-0.25, -0.2) is 4.79 Å². The Hall–Kier alpha value is -2.49. The smallest absolute Gasteiger partial charge is 0.335 e. The van der Waals surface area contributed by atoms with Gasteiger partial charge in [0.1, 0.15) is 5.75 Å². The number of anilines is 1. The Kier molecular flexibility index (Phi) is 3.94. The van der Waals surface area contributed by atoms with E-state index in [1.807, 2.05) is 32.0 Å². The van der Waals surface area contributed by atoms with E-state index in [2.05, 4.69) is 5.32 Å². The van der Waals surface area contributed by atoms with Crippen molar-refractivity contribution in [2.45, 2.75) is 20.4 Å². The summed E-state index contributed by atoms with van der Waals surface area (Å²) < 4.78 is 0. The maximum atomic E-state index is 11.0. The van der Waals surface area contributed by atoms with Gasteiger partial charge in [0.15, 0.2) is 0 Å². The van der Waals surface area contributed by atoms with Crippen molar-refractivity contribution in [3.05, 3.63) is 58.7 Å². The van der Waals surface area contributed by atoms with Crippen LogP contribution in [0.2, 0.25) is 0 Å². The van der Waals surface area contributed by atoms with Crippen molar-refractivity contribution in [2.75, 3.05) is 5.32 Å². The minimum Gasteiger partial charge on any atom is -0.507 e. The largest absolute Gasteiger partial charge is 0.507 e. The monoisotopic (exact) mass is 271 g/mol. The lowest BCUT2D eigenvalue weighted by Crippen LogP contribution is -2.04. The Labute approximate surface area is 117 Å². The van der Waals surface area contributed by atoms with Crippen LogP contribution in [0.15, 0.2) is 36.4 Å². The molecule has 2 aromatic carbocycles. The summed E-state index contributed by atoms with van der Waals surface area (Å²) in [7, 11) is 0. The highest BCUT2D eigenvalue weighted by molar-refractivity contribution is 5.89. The van der Waals surface area contributed by atoms with Crippen molar-refractivity contribution < 1.29 is 15.0 Å². The van der Waals surface area contributed by atoms with Crippen LogP contribution in [0.5, 0.6) is 5.75 Å². The van der Waals surface area contributed by atoms with E-state index in [0.29, 0.717) is 6.54 Å². The van der Waals surface area contributed by atoms with E-state index in [9.17, 15) is 9.90 Å². The number of aromatic carboxylic acids is 1. The van der Waals surface area contributed by atoms with Crippen molar-refractivity contribution >= 4 is 11.7 Å². The number of benzene rings is 2. The number of hydrogen-bond acceptors (Lipinski definition) is 3. The zero-order valence-corrected chi connectivity index (χ0v) is 11.5. The fourth-order valence-electron chi connectivity index (χ4n) is 2.00. The Bertz CT molecular complexity index is 650. The van der Waals surface area contributed by atoms with E-state index < -0.39 is 5.97 Å². The van der Waals surface area contributed by atoms with Crippen LogP contribution in [0.3, 0.4) is 0 Å². The van der Waals surface area contributed by atoms with Gasteiger partial charge in [-0.3, -0.25) is 0 Å². The molecule has 4 nitrogen and oxygen atoms in total. The molecule has 3 N–H and O–H groups in total. The van der Waals surface area contributed by atoms with E-state index in [0.717, 1.165) is 22.4 Å². The maximum absolute atomic E-state index is 11.0. The second-order valence-electron chi connectivity index (χ2n) is 4.77. The molecule has 0 aliphatic carbocycles. The molecule has 104 valence electrons. The molecule has 2 aromatic rings. The van der Waals surface area contributed by atoms with Crippen molar-refractivity contribution in [1.29, 1.82) is 0 Å². The van der Waals surface area contributed by atoms with Crippen LogP contribution >= 0.6 is 0 Å². The number of carboxylic acid groups (broad SMARTS) is 1. The van der Waals surface area contributed by atoms with Gasteiger partial charge in [0, 0.05) is 17.8 Å². The number of phenols is 1. The van der Waals surface area contributed by atoms with E-state index in [1.165, 1.54) is 0 Å². The number of aromatic hydroxyl groups is 1. The second kappa shape index (κ2) is 5.65. The molecule has 0 atom stereocenters. The van der Waals surface area contributed by atoms with Crippen LogP contribution in [0.4, 0.5) is 5.69 Å². The molecule has 0 unspecified atom stereocenters. The third-order valence-corrected chi connectivity index (χ3v) is 3.28. The topological polar surface area (TPSA) is 69.6 Å². The first kappa shape index (κ1) is 13.9. The molecule has 2 rings (SSSR count). The van der Waals surface area contributed by atoms with Crippen LogP contribution in [0.25, 0.3) is 0 Å². The standard InChI is InChI=1S/C16H17NO3/c1-10-6-7-12(16(19)20)8-14(10)17-9-13-5-3-4-11(2)15(13)18/h3-8,17-18H,9H2,1-2H3,(H,19,20). The van der Waals surface area contributed by atoms with E-state index in [4.69, 9.17) is 5.11 Å². The van der Waals surface area contributed by atoms with Crippen molar-refractivity contribution in [3.8, 4) is 5.75 Å². The minimum atomic E-state index is -0.952. The van der Waals surface area contributed by atoms with Crippen molar-refractivity contribution in [1.82, 2.24) is 0 Å². The number of para-hydroxylation sites is 1. The quantitative estimate of drug-likeness (QED) is 0.798. The fourth-order valence-corrected chi connectivity index (χ4v) is 2.00. The maximum Gasteiger partial charge on any atom is 0.335 e. The number of hydrogen-bond donors (Lipinski definition) is 3. The summed E-state index contributed by atoms with van der Waals surface area (Å²) in [6.07, 6.45) is 0. The van der Waals surface area contributed by atoms with E-state index >= 15 is 0 Å². The minimum absolute atomic E-state index is 0.242. The SMILES string of the molecule is Cc1ccc(C(=O)O)cc1NCc1cccc(C)c1O. The first-order valence-corrected chi connectivity index (χ1v) is 6.34. The highest BCUT2D eigenvalue weighted by Gasteiger charge is 2.07. The van der Waals surface area contributed by atoms with Gasteiger partial charge in [0.05, 0.1) is 5.56 Å². The number of carbonyl (C=O) groups is 1. The van der Waals surface area contributed by atoms with Gasteiger partial charge < -0.3 is 15.5 Å². The molecule has 0 aromatic heterocycles. The summed E-state index contributed by atoms with van der Waals surface area (Å²) in [5, 5.41) is 22.1. The van der Waals surface area contributed by atoms with E-state index in [-0.39, 0.29) is 11.3 Å². The van der Waals surface area contributed by atoms with Crippen LogP contribution < -0.4 is 5.32 Å². The van der Waals surface area contributed by atoms with Gasteiger partial charge in [-0.1, -0.05) is 24.3 Å². The lowest BCUT2D eigenvalue weighted by atomic mass is 10.1. The van der Waals surface area contributed by atoms with Crippen LogP contribution in [-0.4, -0.2) is 16.2 Å². The molecule has 20 heavy (non-hydrogen) atoms. The van der Waals surface area contributed by atoms with Crippen LogP contribution in [0.1, 0.15) is 27.0 Å². The Morgan fingerprint density at radius 2 is 1.90 bits per heavy atom. The first-order chi connectivity index (χ1) is 9.49. The number of carboxylic acids is 1. The molecule has 0 amide bonds. The zero-order chi connectivity index (χ0) is 14.7. The molecule has 0 saturated carbocycles. The highest BCUT2D eigenvalue weighted by Crippen LogP contribution is 2.24. The number of rotatable bonds is 4. The molecule has 0 spiro atoms. The lowest BCUT2D eigenvalue weighted by Gasteiger charge is -2.12. The molecule has 0 aliphatic heterocycles. The second-order valence-corrected chi connectivity index (χ2v) is 4.77. The summed E-state index contributed by atoms with van der Waals surface area (Å²) in [4.78, 5) is 11.0. The number of nitrogens with one attached hydrogen (secondary N) is 1. The number of phenolic OH excluding ortho intramolecular Hbond substituents is 1. The van der Waals surface area contributed by atoms with E-state index in [1.54, 1.807) is 18.2 Å². The van der Waals surface area contributed by atoms with Gasteiger partial charge in [-0.15, -0.1) is 0 Å². The summed E-state index contributed by atoms with van der Waals surface area (Å²) >= 11 is 0. The van der Waals surface area contributed by atoms with Gasteiger partial charge in [0.25, 0.3) is 0 Å². The van der Waals surface area contributed by atoms with Gasteiger partial charge in [-0.2, -0.15) is 0 Å². The number of aryl methyl sites for hydroxylation is 2. The normalized spacial score (nSPS) is 10.3. The third kappa shape index (κ3) is 2.91. The summed E-state index contributed by atoms with van der Waals surface area (Å²) in [6, 6.07) is 10.5. The Morgan fingerprint density at radius 3 is 2.60 bits per heavy atom. The Balaban J connectivity index is 2.20. The predicted octanol–water partition coefficient (Wildman–Crippen LogP) is 3.32. The lowest BCUT2D eigenvalue weighted by molar-refractivity contribution is 0.0697. The summed E-state index contributed by atoms with van der Waals surface area (Å²) in [5.41, 5.74) is 3.56. The fraction of sp³-hybridized carbons (Fsp3) is 0.188. The van der Waals surface area contributed by atoms with Crippen molar-refractivity contribution in [3.63, 3.8) is 0 Å². The molecule has 0 saturated heterocycles. The molecule has 0 bridgehead atoms. The molecular weight excluding hydrogens is 254 g/mol. The van der Waals surface area contributed by atoms with Gasteiger partial charge >= 0.3 is 5.97 Å². The van der Waals surface area contributed by atoms with Crippen molar-refractivity contribution in [2.24, 2.45) is 0 Å². The van der Waals surface area contributed by atoms with Gasteiger partial charge in [0.2, 0.25) is 0 Å². The summed E-state index contributed by atoms with van der Waals surface area (Å²) in [6.45, 7) is 4.19. The third-order valence-electron chi connectivity index (χ3n) is 3.28. The predicted molar refractivity (Wildman–Crippen MR) is 78.3 cm³/mol. The summed E-state index contributed by atoms with van der Waals surface area (Å²) in [5.74, 6) is -0.682. The Morgan fingerprint density at radius 1 is 1.15 bits per heavy atom. The first-order valence-electron chi connectivity index (χ1n) is 6.34. The zero-order valence-electron chi connectivity index (χ0n) is 11.5. The average Bonchev–Trinajstić information content (AvgIpc) is 2.41. The molecule has 0 radical (unpaired) electrons. The average molecular weight is 271 g/mol. The van der Waals surface area contributed by atoms with Crippen LogP contribution in [-0.2, 0) is 6.54 Å². The molecule has 4 heteroatoms. The van der Waals surface area contributed by atoms with Crippen LogP contribution in [0, 0.1) is 13.8 Å². The molecule has 0 fully saturated rings.